The van der Waals surface area contributed by atoms with Gasteiger partial charge in [-0.15, -0.1) is 0 Å². The number of carbonyl (C=O) groups excluding carboxylic acids is 1. The van der Waals surface area contributed by atoms with Crippen molar-refractivity contribution in [2.45, 2.75) is 32.6 Å². The highest BCUT2D eigenvalue weighted by Gasteiger charge is 2.11. The second-order valence-corrected chi connectivity index (χ2v) is 7.19. The monoisotopic (exact) mass is 371 g/mol. The van der Waals surface area contributed by atoms with Crippen LogP contribution < -0.4 is 15.5 Å². The molecule has 0 aliphatic carbocycles. The number of halogens is 1. The van der Waals surface area contributed by atoms with Crippen molar-refractivity contribution in [3.05, 3.63) is 53.1 Å². The van der Waals surface area contributed by atoms with Crippen LogP contribution >= 0.6 is 11.6 Å². The van der Waals surface area contributed by atoms with Gasteiger partial charge in [0, 0.05) is 48.1 Å². The molecule has 0 saturated carbocycles. The first-order chi connectivity index (χ1) is 12.6. The first-order valence-electron chi connectivity index (χ1n) is 9.27. The van der Waals surface area contributed by atoms with E-state index in [4.69, 9.17) is 11.6 Å². The third kappa shape index (κ3) is 5.15. The minimum absolute atomic E-state index is 0.00133. The average Bonchev–Trinajstić information content (AvgIpc) is 2.66. The van der Waals surface area contributed by atoms with Crippen LogP contribution in [0.25, 0.3) is 0 Å². The van der Waals surface area contributed by atoms with Crippen LogP contribution in [0.5, 0.6) is 0 Å². The molecular weight excluding hydrogens is 346 g/mol. The number of rotatable bonds is 6. The number of hydrogen-bond acceptors (Lipinski definition) is 3. The SMILES string of the molecule is Cc1ccc(NCCC(=O)Nc2ccc(N3CCCCC3)cc2)cc1Cl. The first-order valence-corrected chi connectivity index (χ1v) is 9.64. The van der Waals surface area contributed by atoms with Crippen LogP contribution in [0.1, 0.15) is 31.2 Å². The molecule has 4 nitrogen and oxygen atoms in total. The van der Waals surface area contributed by atoms with E-state index in [0.717, 1.165) is 35.1 Å². The molecule has 138 valence electrons. The van der Waals surface area contributed by atoms with Crippen molar-refractivity contribution < 1.29 is 4.79 Å². The van der Waals surface area contributed by atoms with Gasteiger partial charge < -0.3 is 15.5 Å². The lowest BCUT2D eigenvalue weighted by atomic mass is 10.1. The predicted molar refractivity (Wildman–Crippen MR) is 110 cm³/mol. The highest BCUT2D eigenvalue weighted by Crippen LogP contribution is 2.22. The van der Waals surface area contributed by atoms with Crippen LogP contribution in [0.15, 0.2) is 42.5 Å². The van der Waals surface area contributed by atoms with Crippen molar-refractivity contribution in [1.29, 1.82) is 0 Å². The highest BCUT2D eigenvalue weighted by atomic mass is 35.5. The van der Waals surface area contributed by atoms with Gasteiger partial charge in [-0.2, -0.15) is 0 Å². The summed E-state index contributed by atoms with van der Waals surface area (Å²) in [6.07, 6.45) is 4.25. The number of carbonyl (C=O) groups is 1. The fraction of sp³-hybridized carbons (Fsp3) is 0.381. The van der Waals surface area contributed by atoms with Crippen LogP contribution in [0, 0.1) is 6.92 Å². The van der Waals surface area contributed by atoms with E-state index < -0.39 is 0 Å². The topological polar surface area (TPSA) is 44.4 Å². The zero-order chi connectivity index (χ0) is 18.4. The fourth-order valence-electron chi connectivity index (χ4n) is 3.15. The summed E-state index contributed by atoms with van der Waals surface area (Å²) in [6.45, 7) is 4.79. The van der Waals surface area contributed by atoms with Gasteiger partial charge in [-0.25, -0.2) is 0 Å². The molecule has 5 heteroatoms. The second-order valence-electron chi connectivity index (χ2n) is 6.78. The lowest BCUT2D eigenvalue weighted by Gasteiger charge is -2.28. The Kier molecular flexibility index (Phi) is 6.40. The smallest absolute Gasteiger partial charge is 0.226 e. The Bertz CT molecular complexity index is 739. The Labute approximate surface area is 160 Å². The zero-order valence-electron chi connectivity index (χ0n) is 15.2. The van der Waals surface area contributed by atoms with Crippen LogP contribution in [0.4, 0.5) is 17.1 Å². The molecule has 1 aliphatic rings. The van der Waals surface area contributed by atoms with E-state index in [-0.39, 0.29) is 5.91 Å². The molecule has 0 atom stereocenters. The van der Waals surface area contributed by atoms with Gasteiger partial charge in [0.05, 0.1) is 0 Å². The number of piperidine rings is 1. The molecule has 0 bridgehead atoms. The number of benzene rings is 2. The summed E-state index contributed by atoms with van der Waals surface area (Å²) >= 11 is 6.11. The minimum atomic E-state index is 0.00133. The maximum absolute atomic E-state index is 12.1. The van der Waals surface area contributed by atoms with Crippen molar-refractivity contribution in [3.63, 3.8) is 0 Å². The molecule has 0 radical (unpaired) electrons. The molecule has 26 heavy (non-hydrogen) atoms. The maximum atomic E-state index is 12.1. The van der Waals surface area contributed by atoms with Crippen LogP contribution in [-0.4, -0.2) is 25.5 Å². The third-order valence-electron chi connectivity index (χ3n) is 4.73. The van der Waals surface area contributed by atoms with Gasteiger partial charge in [0.1, 0.15) is 0 Å². The molecule has 1 saturated heterocycles. The molecule has 3 rings (SSSR count). The van der Waals surface area contributed by atoms with Gasteiger partial charge in [-0.3, -0.25) is 4.79 Å². The van der Waals surface area contributed by atoms with Gasteiger partial charge in [0.2, 0.25) is 5.91 Å². The highest BCUT2D eigenvalue weighted by molar-refractivity contribution is 6.31. The van der Waals surface area contributed by atoms with Gasteiger partial charge >= 0.3 is 0 Å². The molecule has 2 N–H and O–H groups in total. The molecule has 0 spiro atoms. The Morgan fingerprint density at radius 2 is 1.73 bits per heavy atom. The van der Waals surface area contributed by atoms with Crippen LogP contribution in [0.2, 0.25) is 5.02 Å². The van der Waals surface area contributed by atoms with E-state index in [1.165, 1.54) is 24.9 Å². The number of amides is 1. The number of aryl methyl sites for hydroxylation is 1. The molecule has 1 fully saturated rings. The summed E-state index contributed by atoms with van der Waals surface area (Å²) in [5.41, 5.74) is 4.05. The maximum Gasteiger partial charge on any atom is 0.226 e. The third-order valence-corrected chi connectivity index (χ3v) is 5.13. The van der Waals surface area contributed by atoms with Crippen molar-refractivity contribution in [3.8, 4) is 0 Å². The summed E-state index contributed by atoms with van der Waals surface area (Å²) in [5, 5.41) is 6.91. The average molecular weight is 372 g/mol. The Morgan fingerprint density at radius 1 is 1.04 bits per heavy atom. The van der Waals surface area contributed by atoms with Gasteiger partial charge in [0.25, 0.3) is 0 Å². The van der Waals surface area contributed by atoms with Crippen molar-refractivity contribution >= 4 is 34.6 Å². The number of anilines is 3. The molecule has 2 aromatic rings. The molecule has 1 aliphatic heterocycles. The zero-order valence-corrected chi connectivity index (χ0v) is 16.0. The quantitative estimate of drug-likeness (QED) is 0.744. The number of nitrogens with zero attached hydrogens (tertiary/aromatic N) is 1. The molecule has 0 aromatic heterocycles. The normalized spacial score (nSPS) is 14.2. The van der Waals surface area contributed by atoms with Crippen molar-refractivity contribution in [2.24, 2.45) is 0 Å². The second kappa shape index (κ2) is 8.95. The molecule has 1 amide bonds. The van der Waals surface area contributed by atoms with E-state index in [9.17, 15) is 4.79 Å². The molecule has 0 unspecified atom stereocenters. The van der Waals surface area contributed by atoms with Crippen molar-refractivity contribution in [2.75, 3.05) is 35.2 Å². The number of hydrogen-bond donors (Lipinski definition) is 2. The van der Waals surface area contributed by atoms with Gasteiger partial charge in [-0.05, 0) is 68.1 Å². The lowest BCUT2D eigenvalue weighted by molar-refractivity contribution is -0.115. The minimum Gasteiger partial charge on any atom is -0.384 e. The fourth-order valence-corrected chi connectivity index (χ4v) is 3.33. The summed E-state index contributed by atoms with van der Waals surface area (Å²) < 4.78 is 0. The Hall–Kier alpha value is -2.20. The van der Waals surface area contributed by atoms with E-state index in [1.807, 2.05) is 37.3 Å². The van der Waals surface area contributed by atoms with E-state index in [2.05, 4.69) is 27.7 Å². The van der Waals surface area contributed by atoms with Crippen molar-refractivity contribution in [1.82, 2.24) is 0 Å². The summed E-state index contributed by atoms with van der Waals surface area (Å²) in [6, 6.07) is 14.0. The Balaban J connectivity index is 1.44. The molecule has 2 aromatic carbocycles. The number of nitrogens with one attached hydrogen (secondary N) is 2. The standard InChI is InChI=1S/C21H26ClN3O/c1-16-5-6-18(15-20(16)22)23-12-11-21(26)24-17-7-9-19(10-8-17)25-13-3-2-4-14-25/h5-10,15,23H,2-4,11-14H2,1H3,(H,24,26). The van der Waals surface area contributed by atoms with Gasteiger partial charge in [0.15, 0.2) is 0 Å². The molecular formula is C21H26ClN3O. The van der Waals surface area contributed by atoms with E-state index >= 15 is 0 Å². The van der Waals surface area contributed by atoms with E-state index in [1.54, 1.807) is 0 Å². The largest absolute Gasteiger partial charge is 0.384 e. The summed E-state index contributed by atoms with van der Waals surface area (Å²) in [7, 11) is 0. The Morgan fingerprint density at radius 3 is 2.42 bits per heavy atom. The lowest BCUT2D eigenvalue weighted by Crippen LogP contribution is -2.29. The van der Waals surface area contributed by atoms with E-state index in [0.29, 0.717) is 13.0 Å². The summed E-state index contributed by atoms with van der Waals surface area (Å²) in [4.78, 5) is 14.5. The predicted octanol–water partition coefficient (Wildman–Crippen LogP) is 5.08. The summed E-state index contributed by atoms with van der Waals surface area (Å²) in [5.74, 6) is 0.00133. The van der Waals surface area contributed by atoms with Crippen LogP contribution in [-0.2, 0) is 4.79 Å². The van der Waals surface area contributed by atoms with Gasteiger partial charge in [-0.1, -0.05) is 17.7 Å². The first kappa shape index (κ1) is 18.6. The van der Waals surface area contributed by atoms with Crippen LogP contribution in [0.3, 0.4) is 0 Å². The molecule has 1 heterocycles.